The third-order valence-electron chi connectivity index (χ3n) is 4.19. The van der Waals surface area contributed by atoms with Crippen molar-refractivity contribution in [1.82, 2.24) is 20.2 Å². The highest BCUT2D eigenvalue weighted by molar-refractivity contribution is 8.00. The molecule has 6 nitrogen and oxygen atoms in total. The summed E-state index contributed by atoms with van der Waals surface area (Å²) in [6.45, 7) is 9.91. The van der Waals surface area contributed by atoms with Gasteiger partial charge in [0.15, 0.2) is 0 Å². The highest BCUT2D eigenvalue weighted by Crippen LogP contribution is 2.25. The molecule has 0 aliphatic heterocycles. The Balaban J connectivity index is 1.77. The average Bonchev–Trinajstić information content (AvgIpc) is 3.05. The van der Waals surface area contributed by atoms with Crippen LogP contribution in [0.5, 0.6) is 0 Å². The lowest BCUT2D eigenvalue weighted by molar-refractivity contribution is -0.115. The van der Waals surface area contributed by atoms with Gasteiger partial charge in [-0.1, -0.05) is 30.0 Å². The minimum Gasteiger partial charge on any atom is -0.325 e. The zero-order chi connectivity index (χ0) is 19.6. The van der Waals surface area contributed by atoms with Gasteiger partial charge in [-0.3, -0.25) is 4.79 Å². The fraction of sp³-hybridized carbons (Fsp3) is 0.300. The van der Waals surface area contributed by atoms with Gasteiger partial charge in [0.1, 0.15) is 0 Å². The van der Waals surface area contributed by atoms with Crippen LogP contribution < -0.4 is 5.32 Å². The van der Waals surface area contributed by atoms with Crippen LogP contribution in [0.15, 0.2) is 41.6 Å². The van der Waals surface area contributed by atoms with E-state index in [1.165, 1.54) is 11.8 Å². The molecule has 0 fully saturated rings. The first-order chi connectivity index (χ1) is 12.8. The van der Waals surface area contributed by atoms with E-state index in [-0.39, 0.29) is 11.2 Å². The summed E-state index contributed by atoms with van der Waals surface area (Å²) in [7, 11) is 0. The third-order valence-corrected chi connectivity index (χ3v) is 5.23. The third kappa shape index (κ3) is 4.54. The molecule has 1 heterocycles. The summed E-state index contributed by atoms with van der Waals surface area (Å²) in [6.07, 6.45) is 0. The fourth-order valence-electron chi connectivity index (χ4n) is 2.80. The summed E-state index contributed by atoms with van der Waals surface area (Å²) in [5.74, 6) is -0.0799. The molecule has 3 aromatic rings. The Morgan fingerprint density at radius 3 is 2.44 bits per heavy atom. The van der Waals surface area contributed by atoms with Gasteiger partial charge in [0.05, 0.1) is 10.9 Å². The number of thioether (sulfide) groups is 1. The Morgan fingerprint density at radius 1 is 1.04 bits per heavy atom. The normalized spacial score (nSPS) is 12.0. The van der Waals surface area contributed by atoms with Crippen molar-refractivity contribution < 1.29 is 4.79 Å². The second-order valence-corrected chi connectivity index (χ2v) is 8.09. The SMILES string of the molecule is Cc1cc(C)cc(-n2nnnc2S[C@@H](C)C(=O)Nc2cc(C)ccc2C)c1. The van der Waals surface area contributed by atoms with Crippen LogP contribution in [0.4, 0.5) is 5.69 Å². The van der Waals surface area contributed by atoms with Crippen molar-refractivity contribution in [3.8, 4) is 5.69 Å². The number of aryl methyl sites for hydroxylation is 4. The number of nitrogens with one attached hydrogen (secondary N) is 1. The van der Waals surface area contributed by atoms with Crippen molar-refractivity contribution in [1.29, 1.82) is 0 Å². The lowest BCUT2D eigenvalue weighted by Crippen LogP contribution is -2.23. The first-order valence-corrected chi connectivity index (χ1v) is 9.63. The maximum Gasteiger partial charge on any atom is 0.237 e. The number of aromatic nitrogens is 4. The largest absolute Gasteiger partial charge is 0.325 e. The molecule has 1 aromatic heterocycles. The number of benzene rings is 2. The standard InChI is InChI=1S/C20H23N5OS/c1-12-6-7-15(4)18(11-12)21-19(26)16(5)27-20-22-23-24-25(20)17-9-13(2)8-14(3)10-17/h6-11,16H,1-5H3,(H,21,26)/t16-/m0/s1. The summed E-state index contributed by atoms with van der Waals surface area (Å²) in [5.41, 5.74) is 6.14. The van der Waals surface area contributed by atoms with E-state index in [1.54, 1.807) is 4.68 Å². The molecule has 1 N–H and O–H groups in total. The predicted octanol–water partition coefficient (Wildman–Crippen LogP) is 4.02. The van der Waals surface area contributed by atoms with E-state index in [9.17, 15) is 4.79 Å². The molecular formula is C20H23N5OS. The van der Waals surface area contributed by atoms with Crippen molar-refractivity contribution in [3.63, 3.8) is 0 Å². The summed E-state index contributed by atoms with van der Waals surface area (Å²) < 4.78 is 1.67. The molecule has 0 saturated carbocycles. The Morgan fingerprint density at radius 2 is 1.74 bits per heavy atom. The van der Waals surface area contributed by atoms with Gasteiger partial charge in [-0.25, -0.2) is 0 Å². The molecule has 0 aliphatic carbocycles. The summed E-state index contributed by atoms with van der Waals surface area (Å²) in [4.78, 5) is 12.6. The molecule has 0 aliphatic rings. The molecule has 0 saturated heterocycles. The predicted molar refractivity (Wildman–Crippen MR) is 108 cm³/mol. The van der Waals surface area contributed by atoms with Crippen molar-refractivity contribution in [3.05, 3.63) is 58.7 Å². The number of amides is 1. The maximum atomic E-state index is 12.6. The molecule has 0 radical (unpaired) electrons. The van der Waals surface area contributed by atoms with Crippen LogP contribution in [0.2, 0.25) is 0 Å². The van der Waals surface area contributed by atoms with Crippen LogP contribution in [-0.2, 0) is 4.79 Å². The van der Waals surface area contributed by atoms with Crippen LogP contribution in [0, 0.1) is 27.7 Å². The highest BCUT2D eigenvalue weighted by Gasteiger charge is 2.20. The van der Waals surface area contributed by atoms with Crippen LogP contribution in [-0.4, -0.2) is 31.4 Å². The zero-order valence-electron chi connectivity index (χ0n) is 16.1. The van der Waals surface area contributed by atoms with Gasteiger partial charge >= 0.3 is 0 Å². The first-order valence-electron chi connectivity index (χ1n) is 8.75. The molecule has 7 heteroatoms. The molecule has 0 bridgehead atoms. The Bertz CT molecular complexity index is 962. The second kappa shape index (κ2) is 7.92. The van der Waals surface area contributed by atoms with Crippen LogP contribution >= 0.6 is 11.8 Å². The number of rotatable bonds is 5. The van der Waals surface area contributed by atoms with Crippen LogP contribution in [0.25, 0.3) is 5.69 Å². The molecule has 0 unspecified atom stereocenters. The number of hydrogen-bond acceptors (Lipinski definition) is 5. The molecular weight excluding hydrogens is 358 g/mol. The van der Waals surface area contributed by atoms with Gasteiger partial charge in [0, 0.05) is 5.69 Å². The average molecular weight is 382 g/mol. The Hall–Kier alpha value is -2.67. The molecule has 1 amide bonds. The van der Waals surface area contributed by atoms with E-state index in [2.05, 4.69) is 26.9 Å². The van der Waals surface area contributed by atoms with E-state index in [0.717, 1.165) is 33.6 Å². The van der Waals surface area contributed by atoms with Crippen molar-refractivity contribution in [2.45, 2.75) is 45.0 Å². The molecule has 2 aromatic carbocycles. The van der Waals surface area contributed by atoms with E-state index >= 15 is 0 Å². The smallest absolute Gasteiger partial charge is 0.237 e. The maximum absolute atomic E-state index is 12.6. The summed E-state index contributed by atoms with van der Waals surface area (Å²) in [6, 6.07) is 12.2. The Labute approximate surface area is 163 Å². The number of nitrogens with zero attached hydrogens (tertiary/aromatic N) is 4. The summed E-state index contributed by atoms with van der Waals surface area (Å²) >= 11 is 1.34. The number of hydrogen-bond donors (Lipinski definition) is 1. The van der Waals surface area contributed by atoms with Gasteiger partial charge < -0.3 is 5.32 Å². The van der Waals surface area contributed by atoms with E-state index in [1.807, 2.05) is 65.0 Å². The van der Waals surface area contributed by atoms with Gasteiger partial charge in [0.2, 0.25) is 11.1 Å². The number of carbonyl (C=O) groups is 1. The van der Waals surface area contributed by atoms with Gasteiger partial charge in [-0.15, -0.1) is 5.10 Å². The van der Waals surface area contributed by atoms with Crippen LogP contribution in [0.1, 0.15) is 29.2 Å². The Kier molecular flexibility index (Phi) is 5.60. The van der Waals surface area contributed by atoms with E-state index < -0.39 is 0 Å². The second-order valence-electron chi connectivity index (χ2n) is 6.79. The highest BCUT2D eigenvalue weighted by atomic mass is 32.2. The minimum atomic E-state index is -0.347. The summed E-state index contributed by atoms with van der Waals surface area (Å²) in [5, 5.41) is 15.2. The topological polar surface area (TPSA) is 72.7 Å². The fourth-order valence-corrected chi connectivity index (χ4v) is 3.61. The zero-order valence-corrected chi connectivity index (χ0v) is 17.0. The lowest BCUT2D eigenvalue weighted by atomic mass is 10.1. The monoisotopic (exact) mass is 381 g/mol. The van der Waals surface area contributed by atoms with Crippen molar-refractivity contribution in [2.75, 3.05) is 5.32 Å². The van der Waals surface area contributed by atoms with Crippen LogP contribution in [0.3, 0.4) is 0 Å². The van der Waals surface area contributed by atoms with Gasteiger partial charge in [-0.05, 0) is 85.5 Å². The van der Waals surface area contributed by atoms with E-state index in [0.29, 0.717) is 5.16 Å². The molecule has 140 valence electrons. The first kappa shape index (κ1) is 19.1. The quantitative estimate of drug-likeness (QED) is 0.676. The molecule has 0 spiro atoms. The van der Waals surface area contributed by atoms with Crippen molar-refractivity contribution >= 4 is 23.4 Å². The number of carbonyl (C=O) groups excluding carboxylic acids is 1. The van der Waals surface area contributed by atoms with Gasteiger partial charge in [0.25, 0.3) is 0 Å². The lowest BCUT2D eigenvalue weighted by Gasteiger charge is -2.14. The minimum absolute atomic E-state index is 0.0799. The van der Waals surface area contributed by atoms with Crippen molar-refractivity contribution in [2.24, 2.45) is 0 Å². The molecule has 3 rings (SSSR count). The van der Waals surface area contributed by atoms with Gasteiger partial charge in [-0.2, -0.15) is 4.68 Å². The molecule has 1 atom stereocenters. The van der Waals surface area contributed by atoms with E-state index in [4.69, 9.17) is 0 Å². The number of anilines is 1. The molecule has 27 heavy (non-hydrogen) atoms. The number of tetrazole rings is 1.